The molecule has 0 aromatic carbocycles. The summed E-state index contributed by atoms with van der Waals surface area (Å²) in [6.45, 7) is 7.38. The fourth-order valence-corrected chi connectivity index (χ4v) is 13.8. The summed E-state index contributed by atoms with van der Waals surface area (Å²) in [7, 11) is -9.91. The van der Waals surface area contributed by atoms with Gasteiger partial charge in [0.25, 0.3) is 0 Å². The first kappa shape index (κ1) is 96.1. The Balaban J connectivity index is 5.25. The van der Waals surface area contributed by atoms with Gasteiger partial charge in [-0.05, 0) is 31.6 Å². The van der Waals surface area contributed by atoms with Gasteiger partial charge in [-0.3, -0.25) is 37.3 Å². The van der Waals surface area contributed by atoms with Crippen molar-refractivity contribution in [1.29, 1.82) is 0 Å². The van der Waals surface area contributed by atoms with Gasteiger partial charge in [0.2, 0.25) is 0 Å². The minimum absolute atomic E-state index is 0.108. The van der Waals surface area contributed by atoms with Crippen LogP contribution in [0.1, 0.15) is 420 Å². The summed E-state index contributed by atoms with van der Waals surface area (Å²) in [4.78, 5) is 73.0. The van der Waals surface area contributed by atoms with Crippen molar-refractivity contribution >= 4 is 39.5 Å². The maximum Gasteiger partial charge on any atom is 0.472 e. The molecule has 0 aliphatic rings. The lowest BCUT2D eigenvalue weighted by Gasteiger charge is -2.21. The molecule has 0 spiro atoms. The van der Waals surface area contributed by atoms with Crippen molar-refractivity contribution in [2.45, 2.75) is 438 Å². The van der Waals surface area contributed by atoms with Gasteiger partial charge in [-0.15, -0.1) is 0 Å². The number of phosphoric ester groups is 2. The molecule has 0 radical (unpaired) electrons. The zero-order chi connectivity index (χ0) is 71.9. The zero-order valence-electron chi connectivity index (χ0n) is 63.9. The molecule has 0 saturated carbocycles. The van der Waals surface area contributed by atoms with Crippen LogP contribution in [0.4, 0.5) is 0 Å². The Kier molecular flexibility index (Phi) is 70.6. The first-order valence-electron chi connectivity index (χ1n) is 41.2. The molecule has 0 aliphatic carbocycles. The molecule has 0 aromatic heterocycles. The topological polar surface area (TPSA) is 237 Å². The lowest BCUT2D eigenvalue weighted by molar-refractivity contribution is -0.161. The van der Waals surface area contributed by atoms with E-state index in [0.29, 0.717) is 25.7 Å². The van der Waals surface area contributed by atoms with Gasteiger partial charge >= 0.3 is 39.5 Å². The highest BCUT2D eigenvalue weighted by Crippen LogP contribution is 2.45. The van der Waals surface area contributed by atoms with Crippen molar-refractivity contribution in [2.24, 2.45) is 5.92 Å². The second-order valence-corrected chi connectivity index (χ2v) is 31.6. The normalized spacial score (nSPS) is 14.2. The standard InChI is InChI=1S/C79H154O17P2/c1-6-10-13-16-19-22-25-28-29-30-34-39-43-48-53-58-63-77(82)90-69-75(96-79(84)65-60-55-50-45-40-35-32-31-33-36-41-46-51-56-61-72(5)9-4)71-94-98(87,88)92-67-73(80)66-91-97(85,86)93-70-74(95-78(83)64-59-54-49-44-38-27-24-21-18-15-12-8-3)68-89-76(81)62-57-52-47-42-37-26-23-20-17-14-11-7-2/h72-75,80H,6-71H2,1-5H3,(H,85,86)(H,87,88)/t72?,73-,74+,75+/m0/s1. The van der Waals surface area contributed by atoms with Crippen LogP contribution in [-0.2, 0) is 65.4 Å². The Morgan fingerprint density at radius 3 is 0.724 bits per heavy atom. The van der Waals surface area contributed by atoms with E-state index in [1.54, 1.807) is 0 Å². The second kappa shape index (κ2) is 72.0. The molecule has 6 atom stereocenters. The van der Waals surface area contributed by atoms with Crippen LogP contribution in [0.2, 0.25) is 0 Å². The molecule has 0 bridgehead atoms. The van der Waals surface area contributed by atoms with E-state index in [-0.39, 0.29) is 25.7 Å². The van der Waals surface area contributed by atoms with Crippen LogP contribution in [0.25, 0.3) is 0 Å². The van der Waals surface area contributed by atoms with Crippen molar-refractivity contribution < 1.29 is 80.2 Å². The molecule has 17 nitrogen and oxygen atoms in total. The van der Waals surface area contributed by atoms with E-state index in [2.05, 4.69) is 34.6 Å². The molecular weight excluding hydrogens is 1280 g/mol. The monoisotopic (exact) mass is 1440 g/mol. The number of hydrogen-bond acceptors (Lipinski definition) is 15. The maximum atomic E-state index is 13.1. The highest BCUT2D eigenvalue weighted by atomic mass is 31.2. The van der Waals surface area contributed by atoms with Gasteiger partial charge in [0, 0.05) is 25.7 Å². The van der Waals surface area contributed by atoms with Gasteiger partial charge in [0.1, 0.15) is 19.3 Å². The quantitative estimate of drug-likeness (QED) is 0.0222. The predicted octanol–water partition coefficient (Wildman–Crippen LogP) is 23.6. The average molecular weight is 1440 g/mol. The third-order valence-corrected chi connectivity index (χ3v) is 20.8. The first-order chi connectivity index (χ1) is 47.6. The molecule has 3 N–H and O–H groups in total. The van der Waals surface area contributed by atoms with Crippen molar-refractivity contribution in [3.63, 3.8) is 0 Å². The van der Waals surface area contributed by atoms with E-state index in [0.717, 1.165) is 95.8 Å². The summed E-state index contributed by atoms with van der Waals surface area (Å²) in [5.74, 6) is -1.26. The maximum absolute atomic E-state index is 13.1. The molecule has 0 rings (SSSR count). The molecule has 98 heavy (non-hydrogen) atoms. The number of rotatable bonds is 79. The average Bonchev–Trinajstić information content (AvgIpc) is 1.67. The lowest BCUT2D eigenvalue weighted by atomic mass is 9.99. The third-order valence-electron chi connectivity index (χ3n) is 18.9. The number of aliphatic hydroxyl groups excluding tert-OH is 1. The molecule has 0 aliphatic heterocycles. The van der Waals surface area contributed by atoms with E-state index < -0.39 is 97.5 Å². The van der Waals surface area contributed by atoms with Gasteiger partial charge in [-0.1, -0.05) is 369 Å². The molecule has 0 fully saturated rings. The van der Waals surface area contributed by atoms with Crippen molar-refractivity contribution in [3.8, 4) is 0 Å². The Morgan fingerprint density at radius 1 is 0.286 bits per heavy atom. The summed E-state index contributed by atoms with van der Waals surface area (Å²) in [5.41, 5.74) is 0. The van der Waals surface area contributed by atoms with Crippen molar-refractivity contribution in [1.82, 2.24) is 0 Å². The van der Waals surface area contributed by atoms with Crippen LogP contribution in [0, 0.1) is 5.92 Å². The summed E-state index contributed by atoms with van der Waals surface area (Å²) in [6.07, 6.45) is 62.2. The molecule has 0 saturated heterocycles. The number of aliphatic hydroxyl groups is 1. The van der Waals surface area contributed by atoms with E-state index in [4.69, 9.17) is 37.0 Å². The Labute approximate surface area is 600 Å². The second-order valence-electron chi connectivity index (χ2n) is 28.7. The smallest absolute Gasteiger partial charge is 0.462 e. The molecule has 3 unspecified atom stereocenters. The van der Waals surface area contributed by atoms with Crippen LogP contribution in [-0.4, -0.2) is 96.7 Å². The summed E-state index contributed by atoms with van der Waals surface area (Å²) in [5, 5.41) is 10.6. The van der Waals surface area contributed by atoms with Crippen molar-refractivity contribution in [3.05, 3.63) is 0 Å². The van der Waals surface area contributed by atoms with E-state index in [9.17, 15) is 43.2 Å². The third kappa shape index (κ3) is 71.1. The Bertz CT molecular complexity index is 1880. The van der Waals surface area contributed by atoms with E-state index in [1.165, 1.54) is 244 Å². The van der Waals surface area contributed by atoms with Gasteiger partial charge < -0.3 is 33.8 Å². The molecule has 0 amide bonds. The van der Waals surface area contributed by atoms with Crippen LogP contribution >= 0.6 is 15.6 Å². The predicted molar refractivity (Wildman–Crippen MR) is 400 cm³/mol. The molecular formula is C79H154O17P2. The fraction of sp³-hybridized carbons (Fsp3) is 0.949. The first-order valence-corrected chi connectivity index (χ1v) is 44.2. The van der Waals surface area contributed by atoms with Gasteiger partial charge in [0.15, 0.2) is 12.2 Å². The van der Waals surface area contributed by atoms with Crippen LogP contribution < -0.4 is 0 Å². The number of phosphoric acid groups is 2. The van der Waals surface area contributed by atoms with Crippen LogP contribution in [0.15, 0.2) is 0 Å². The van der Waals surface area contributed by atoms with Crippen LogP contribution in [0.3, 0.4) is 0 Å². The highest BCUT2D eigenvalue weighted by molar-refractivity contribution is 7.47. The number of carbonyl (C=O) groups excluding carboxylic acids is 4. The highest BCUT2D eigenvalue weighted by Gasteiger charge is 2.30. The number of ether oxygens (including phenoxy) is 4. The molecule has 582 valence electrons. The van der Waals surface area contributed by atoms with E-state index in [1.807, 2.05) is 0 Å². The summed E-state index contributed by atoms with van der Waals surface area (Å²) >= 11 is 0. The zero-order valence-corrected chi connectivity index (χ0v) is 65.7. The van der Waals surface area contributed by atoms with Gasteiger partial charge in [0.05, 0.1) is 26.4 Å². The number of esters is 4. The SMILES string of the molecule is CCCCCCCCCCCCCCCCCCC(=O)OC[C@H](COP(=O)(O)OC[C@@H](O)COP(=O)(O)OC[C@@H](COC(=O)CCCCCCCCCCCCCC)OC(=O)CCCCCCCCCCCCCC)OC(=O)CCCCCCCCCCCCCCCCC(C)CC. The van der Waals surface area contributed by atoms with Gasteiger partial charge in [-0.25, -0.2) is 9.13 Å². The number of unbranched alkanes of at least 4 members (excludes halogenated alkanes) is 50. The minimum atomic E-state index is -4.96. The Hall–Kier alpha value is -1.94. The Morgan fingerprint density at radius 2 is 0.490 bits per heavy atom. The van der Waals surface area contributed by atoms with Gasteiger partial charge in [-0.2, -0.15) is 0 Å². The summed E-state index contributed by atoms with van der Waals surface area (Å²) in [6, 6.07) is 0. The van der Waals surface area contributed by atoms with Crippen LogP contribution in [0.5, 0.6) is 0 Å². The molecule has 0 heterocycles. The number of hydrogen-bond donors (Lipinski definition) is 3. The number of carbonyl (C=O) groups is 4. The fourth-order valence-electron chi connectivity index (χ4n) is 12.2. The lowest BCUT2D eigenvalue weighted by Crippen LogP contribution is -2.30. The molecule has 0 aromatic rings. The minimum Gasteiger partial charge on any atom is -0.462 e. The van der Waals surface area contributed by atoms with E-state index >= 15 is 0 Å². The van der Waals surface area contributed by atoms with Crippen molar-refractivity contribution in [2.75, 3.05) is 39.6 Å². The molecule has 19 heteroatoms. The summed E-state index contributed by atoms with van der Waals surface area (Å²) < 4.78 is 68.7. The largest absolute Gasteiger partial charge is 0.472 e.